The van der Waals surface area contributed by atoms with Crippen LogP contribution in [-0.4, -0.2) is 19.2 Å². The average molecular weight is 207 g/mol. The van der Waals surface area contributed by atoms with Crippen LogP contribution in [0.15, 0.2) is 24.0 Å². The summed E-state index contributed by atoms with van der Waals surface area (Å²) in [5.41, 5.74) is 2.91. The van der Waals surface area contributed by atoms with Crippen LogP contribution in [0, 0.1) is 0 Å². The maximum absolute atomic E-state index is 5.17. The highest BCUT2D eigenvalue weighted by atomic mass is 16.5. The van der Waals surface area contributed by atoms with Crippen molar-refractivity contribution in [2.75, 3.05) is 14.2 Å². The van der Waals surface area contributed by atoms with Gasteiger partial charge in [0.2, 0.25) is 0 Å². The summed E-state index contributed by atoms with van der Waals surface area (Å²) >= 11 is 0. The molecule has 1 heterocycles. The van der Waals surface area contributed by atoms with Gasteiger partial charge in [-0.25, -0.2) is 0 Å². The van der Waals surface area contributed by atoms with Gasteiger partial charge >= 0.3 is 0 Å². The van der Waals surface area contributed by atoms with Gasteiger partial charge in [0.1, 0.15) is 0 Å². The highest BCUT2D eigenvalue weighted by molar-refractivity contribution is 5.62. The largest absolute Gasteiger partial charge is 0.501 e. The smallest absolute Gasteiger partial charge is 0.0975 e. The summed E-state index contributed by atoms with van der Waals surface area (Å²) in [6.07, 6.45) is 0. The lowest BCUT2D eigenvalue weighted by atomic mass is 10.1. The SMILES string of the molecule is COCc1cccc(/C(C)=C(/C)OC)n1. The van der Waals surface area contributed by atoms with E-state index in [2.05, 4.69) is 4.98 Å². The molecule has 3 nitrogen and oxygen atoms in total. The molecule has 0 aliphatic heterocycles. The van der Waals surface area contributed by atoms with E-state index < -0.39 is 0 Å². The van der Waals surface area contributed by atoms with E-state index in [1.54, 1.807) is 14.2 Å². The summed E-state index contributed by atoms with van der Waals surface area (Å²) in [6, 6.07) is 5.89. The Morgan fingerprint density at radius 3 is 2.60 bits per heavy atom. The van der Waals surface area contributed by atoms with Crippen LogP contribution in [0.5, 0.6) is 0 Å². The van der Waals surface area contributed by atoms with Crippen LogP contribution in [0.4, 0.5) is 0 Å². The van der Waals surface area contributed by atoms with Crippen LogP contribution < -0.4 is 0 Å². The third kappa shape index (κ3) is 3.06. The molecule has 1 rings (SSSR count). The van der Waals surface area contributed by atoms with E-state index >= 15 is 0 Å². The molecule has 0 N–H and O–H groups in total. The molecule has 0 saturated heterocycles. The number of methoxy groups -OCH3 is 2. The van der Waals surface area contributed by atoms with Crippen molar-refractivity contribution in [3.8, 4) is 0 Å². The number of ether oxygens (including phenoxy) is 2. The van der Waals surface area contributed by atoms with Gasteiger partial charge in [0.25, 0.3) is 0 Å². The fraction of sp³-hybridized carbons (Fsp3) is 0.417. The molecule has 82 valence electrons. The molecule has 0 fully saturated rings. The van der Waals surface area contributed by atoms with Crippen molar-refractivity contribution in [3.63, 3.8) is 0 Å². The maximum Gasteiger partial charge on any atom is 0.0975 e. The van der Waals surface area contributed by atoms with E-state index in [0.29, 0.717) is 6.61 Å². The lowest BCUT2D eigenvalue weighted by molar-refractivity contribution is 0.181. The molecule has 0 aliphatic carbocycles. The first-order chi connectivity index (χ1) is 7.19. The number of aromatic nitrogens is 1. The third-order valence-electron chi connectivity index (χ3n) is 2.32. The van der Waals surface area contributed by atoms with Gasteiger partial charge in [0, 0.05) is 12.7 Å². The van der Waals surface area contributed by atoms with Gasteiger partial charge in [0.05, 0.1) is 30.9 Å². The number of nitrogens with zero attached hydrogens (tertiary/aromatic N) is 1. The minimum Gasteiger partial charge on any atom is -0.501 e. The van der Waals surface area contributed by atoms with Gasteiger partial charge in [-0.3, -0.25) is 4.98 Å². The summed E-state index contributed by atoms with van der Waals surface area (Å²) in [4.78, 5) is 4.47. The Kier molecular flexibility index (Phi) is 4.31. The van der Waals surface area contributed by atoms with Gasteiger partial charge in [0.15, 0.2) is 0 Å². The normalized spacial score (nSPS) is 12.3. The standard InChI is InChI=1S/C12H17NO2/c1-9(10(2)15-4)12-7-5-6-11(13-12)8-14-3/h5-7H,8H2,1-4H3/b10-9-. The van der Waals surface area contributed by atoms with Crippen LogP contribution in [0.1, 0.15) is 25.2 Å². The van der Waals surface area contributed by atoms with Crippen molar-refractivity contribution in [2.24, 2.45) is 0 Å². The fourth-order valence-corrected chi connectivity index (χ4v) is 1.25. The number of pyridine rings is 1. The molecule has 0 amide bonds. The predicted octanol–water partition coefficient (Wildman–Crippen LogP) is 2.63. The molecule has 15 heavy (non-hydrogen) atoms. The summed E-state index contributed by atoms with van der Waals surface area (Å²) in [5, 5.41) is 0. The number of allylic oxidation sites excluding steroid dienone is 2. The molecule has 1 aromatic heterocycles. The highest BCUT2D eigenvalue weighted by Gasteiger charge is 2.03. The zero-order valence-electron chi connectivity index (χ0n) is 9.70. The van der Waals surface area contributed by atoms with E-state index in [1.807, 2.05) is 32.0 Å². The maximum atomic E-state index is 5.17. The lowest BCUT2D eigenvalue weighted by Crippen LogP contribution is -1.97. The first-order valence-corrected chi connectivity index (χ1v) is 4.85. The number of hydrogen-bond donors (Lipinski definition) is 0. The van der Waals surface area contributed by atoms with E-state index in [0.717, 1.165) is 22.7 Å². The Labute approximate surface area is 90.7 Å². The van der Waals surface area contributed by atoms with Gasteiger partial charge in [-0.1, -0.05) is 6.07 Å². The van der Waals surface area contributed by atoms with E-state index in [9.17, 15) is 0 Å². The lowest BCUT2D eigenvalue weighted by Gasteiger charge is -2.07. The van der Waals surface area contributed by atoms with Gasteiger partial charge in [-0.05, 0) is 26.0 Å². The van der Waals surface area contributed by atoms with Crippen molar-refractivity contribution in [1.82, 2.24) is 4.98 Å². The molecule has 0 radical (unpaired) electrons. The number of rotatable bonds is 4. The second kappa shape index (κ2) is 5.51. The van der Waals surface area contributed by atoms with Gasteiger partial charge in [-0.2, -0.15) is 0 Å². The van der Waals surface area contributed by atoms with Crippen LogP contribution in [0.3, 0.4) is 0 Å². The molecule has 1 aromatic rings. The summed E-state index contributed by atoms with van der Waals surface area (Å²) in [7, 11) is 3.33. The zero-order valence-corrected chi connectivity index (χ0v) is 9.70. The minimum absolute atomic E-state index is 0.535. The van der Waals surface area contributed by atoms with E-state index in [-0.39, 0.29) is 0 Å². The summed E-state index contributed by atoms with van der Waals surface area (Å²) in [6.45, 7) is 4.46. The molecule has 0 aliphatic rings. The molecule has 0 saturated carbocycles. The monoisotopic (exact) mass is 207 g/mol. The number of hydrogen-bond acceptors (Lipinski definition) is 3. The summed E-state index contributed by atoms with van der Waals surface area (Å²) in [5.74, 6) is 0.886. The second-order valence-corrected chi connectivity index (χ2v) is 3.33. The van der Waals surface area contributed by atoms with Crippen molar-refractivity contribution < 1.29 is 9.47 Å². The van der Waals surface area contributed by atoms with Crippen LogP contribution in [-0.2, 0) is 16.1 Å². The quantitative estimate of drug-likeness (QED) is 0.711. The van der Waals surface area contributed by atoms with Crippen molar-refractivity contribution >= 4 is 5.57 Å². The molecule has 3 heteroatoms. The van der Waals surface area contributed by atoms with Crippen molar-refractivity contribution in [3.05, 3.63) is 35.3 Å². The Morgan fingerprint density at radius 1 is 1.27 bits per heavy atom. The minimum atomic E-state index is 0.535. The molecule has 0 aromatic carbocycles. The van der Waals surface area contributed by atoms with E-state index in [4.69, 9.17) is 9.47 Å². The molecule has 0 unspecified atom stereocenters. The fourth-order valence-electron chi connectivity index (χ4n) is 1.25. The highest BCUT2D eigenvalue weighted by Crippen LogP contribution is 2.16. The van der Waals surface area contributed by atoms with Crippen molar-refractivity contribution in [2.45, 2.75) is 20.5 Å². The Balaban J connectivity index is 3.00. The van der Waals surface area contributed by atoms with E-state index in [1.165, 1.54) is 0 Å². The zero-order chi connectivity index (χ0) is 11.3. The van der Waals surface area contributed by atoms with Crippen LogP contribution >= 0.6 is 0 Å². The van der Waals surface area contributed by atoms with Crippen molar-refractivity contribution in [1.29, 1.82) is 0 Å². The Hall–Kier alpha value is -1.35. The predicted molar refractivity (Wildman–Crippen MR) is 60.2 cm³/mol. The molecular weight excluding hydrogens is 190 g/mol. The average Bonchev–Trinajstić information content (AvgIpc) is 2.28. The second-order valence-electron chi connectivity index (χ2n) is 3.33. The summed E-state index contributed by atoms with van der Waals surface area (Å²) < 4.78 is 10.2. The topological polar surface area (TPSA) is 31.4 Å². The van der Waals surface area contributed by atoms with Crippen LogP contribution in [0.2, 0.25) is 0 Å². The molecule has 0 atom stereocenters. The van der Waals surface area contributed by atoms with Crippen LogP contribution in [0.25, 0.3) is 5.57 Å². The van der Waals surface area contributed by atoms with Gasteiger partial charge in [-0.15, -0.1) is 0 Å². The first kappa shape index (κ1) is 11.7. The third-order valence-corrected chi connectivity index (χ3v) is 2.32. The van der Waals surface area contributed by atoms with Gasteiger partial charge < -0.3 is 9.47 Å². The Morgan fingerprint density at radius 2 is 2.00 bits per heavy atom. The molecule has 0 spiro atoms. The molecular formula is C12H17NO2. The Bertz CT molecular complexity index is 358. The molecule has 0 bridgehead atoms. The first-order valence-electron chi connectivity index (χ1n) is 4.85.